The second-order valence-electron chi connectivity index (χ2n) is 31.7. The van der Waals surface area contributed by atoms with Crippen molar-refractivity contribution < 1.29 is 70.9 Å². The maximum absolute atomic E-state index is 13.0. The molecule has 0 bridgehead atoms. The average molecular weight is 1970 g/mol. The van der Waals surface area contributed by atoms with Gasteiger partial charge in [-0.2, -0.15) is 0 Å². The molecule has 4 aliphatic rings. The van der Waals surface area contributed by atoms with Crippen LogP contribution in [-0.4, -0.2) is 192 Å². The summed E-state index contributed by atoms with van der Waals surface area (Å²) in [6.07, 6.45) is 10.9. The summed E-state index contributed by atoms with van der Waals surface area (Å²) in [5, 5.41) is 9.93. The summed E-state index contributed by atoms with van der Waals surface area (Å²) in [6.45, 7) is 15.1. The van der Waals surface area contributed by atoms with E-state index in [1.807, 2.05) is 82.4 Å². The number of carbonyl (C=O) groups is 4. The van der Waals surface area contributed by atoms with Crippen LogP contribution in [0.3, 0.4) is 0 Å². The van der Waals surface area contributed by atoms with Gasteiger partial charge >= 0.3 is 0 Å². The topological polar surface area (TPSA) is 385 Å². The number of para-hydroxylation sites is 2. The third-order valence-electron chi connectivity index (χ3n) is 21.6. The van der Waals surface area contributed by atoms with Crippen LogP contribution in [0.2, 0.25) is 15.1 Å². The van der Waals surface area contributed by atoms with Crippen molar-refractivity contribution in [3.63, 3.8) is 0 Å². The van der Waals surface area contributed by atoms with Crippen LogP contribution in [0.1, 0.15) is 60.2 Å². The number of fused-ring (bicyclic) bond motifs is 1. The lowest BCUT2D eigenvalue weighted by Crippen LogP contribution is -2.52. The van der Waals surface area contributed by atoms with Crippen LogP contribution in [0.5, 0.6) is 11.5 Å². The number of amides is 4. The lowest BCUT2D eigenvalue weighted by molar-refractivity contribution is -0.138. The predicted octanol–water partition coefficient (Wildman–Crippen LogP) is 15.7. The number of rotatable bonds is 26. The van der Waals surface area contributed by atoms with E-state index in [0.29, 0.717) is 115 Å². The summed E-state index contributed by atoms with van der Waals surface area (Å²) >= 11 is 20.7. The van der Waals surface area contributed by atoms with Gasteiger partial charge in [0.05, 0.1) is 36.5 Å². The van der Waals surface area contributed by atoms with E-state index in [0.717, 1.165) is 57.8 Å². The first-order valence-electron chi connectivity index (χ1n) is 41.7. The lowest BCUT2D eigenvalue weighted by Gasteiger charge is -2.37. The lowest BCUT2D eigenvalue weighted by atomic mass is 9.86. The highest BCUT2D eigenvalue weighted by atomic mass is 35.5. The van der Waals surface area contributed by atoms with Gasteiger partial charge in [-0.1, -0.05) is 104 Å². The van der Waals surface area contributed by atoms with E-state index in [9.17, 15) is 52.8 Å². The first-order chi connectivity index (χ1) is 63.3. The molecule has 4 aliphatic heterocycles. The van der Waals surface area contributed by atoms with Gasteiger partial charge in [-0.25, -0.2) is 63.6 Å². The summed E-state index contributed by atoms with van der Waals surface area (Å²) in [7, 11) is -14.9. The van der Waals surface area contributed by atoms with Crippen LogP contribution in [0.4, 0.5) is 44.6 Å². The molecule has 132 heavy (non-hydrogen) atoms. The monoisotopic (exact) mass is 1970 g/mol. The summed E-state index contributed by atoms with van der Waals surface area (Å²) in [5.74, 6) is 1.47. The molecular weight excluding hydrogens is 1870 g/mol. The van der Waals surface area contributed by atoms with E-state index >= 15 is 0 Å². The van der Waals surface area contributed by atoms with Crippen LogP contribution in [-0.2, 0) is 77.7 Å². The molecule has 700 valence electrons. The first-order valence-corrected chi connectivity index (χ1v) is 50.5. The molecule has 41 heteroatoms. The molecule has 13 aromatic rings. The summed E-state index contributed by atoms with van der Waals surface area (Å²) in [4.78, 5) is 86.5. The molecule has 17 rings (SSSR count). The Morgan fingerprint density at radius 3 is 1.52 bits per heavy atom. The highest BCUT2D eigenvalue weighted by Gasteiger charge is 2.37. The Hall–Kier alpha value is -12.5. The number of piperazine rings is 2. The van der Waals surface area contributed by atoms with E-state index < -0.39 is 52.3 Å². The minimum atomic E-state index is -3.75. The average Bonchev–Trinajstić information content (AvgIpc) is 1.28. The number of aromatic nitrogens is 7. The van der Waals surface area contributed by atoms with Crippen LogP contribution in [0, 0.1) is 0 Å². The molecule has 3 atom stereocenters. The van der Waals surface area contributed by atoms with Crippen molar-refractivity contribution in [1.29, 1.82) is 0 Å². The smallest absolute Gasteiger partial charge is 0.268 e. The fraction of sp³-hybridized carbons (Fsp3) is 0.253. The number of benzene rings is 8. The highest BCUT2D eigenvalue weighted by Crippen LogP contribution is 2.36. The minimum Gasteiger partial charge on any atom is -0.481 e. The van der Waals surface area contributed by atoms with Crippen molar-refractivity contribution in [3.8, 4) is 11.5 Å². The van der Waals surface area contributed by atoms with Gasteiger partial charge in [-0.15, -0.1) is 22.7 Å². The fourth-order valence-electron chi connectivity index (χ4n) is 14.9. The van der Waals surface area contributed by atoms with Crippen molar-refractivity contribution in [3.05, 3.63) is 287 Å². The van der Waals surface area contributed by atoms with Crippen molar-refractivity contribution in [1.82, 2.24) is 49.6 Å². The number of thiazole rings is 2. The van der Waals surface area contributed by atoms with Gasteiger partial charge < -0.3 is 48.8 Å². The standard InChI is InChI=1S/C23H24ClN5O4S.C23H22ClN5O3S2.C23H25N3O4S2.C22H22ClN5O3S.6H2/c1-17(33-20-4-2-3-18(24)15-20)23(30)29-13-11-28(12-14-29)19-5-7-21(8-6-19)34(31,32)27-22-9-10-25-16-26-22;24-20-3-1-2-16-8-11-29(22(16)20)15-21(30)26-17-9-12-28(14-17)18-4-6-19(7-5-18)34(31,32)27-23-25-10-13-33-23;1-23(2,3)18-6-4-5-7-19(18)30-20-12-14-26(21(20)27)16-8-10-17(11-9-16)32(28,29)25-22-24-13-15-31-22;23-18-3-1-2-17(14-18)15-22(29)28-12-10-27(11-13-28)19-4-6-20(7-5-19)32(30,31)26-21-8-9-24-16-25-21;;;;;;/h2-10,15-17H,11-14H2,1H3,(H,25,26,27);1-8,10-11,13,17H,9,12,14-15H2,(H,25,27)(H,26,30);4-11,13,15,20H,12,14H2,1-3H3,(H,24,25);1-9,14,16H,10-13,15H2,(H,24,25,26);6*1H/t;17-;;;;;;;;/m.0......../s1. The molecule has 9 heterocycles. The molecule has 8 aromatic carbocycles. The van der Waals surface area contributed by atoms with Crippen LogP contribution in [0.25, 0.3) is 10.9 Å². The van der Waals surface area contributed by atoms with Gasteiger partial charge in [0.25, 0.3) is 51.9 Å². The van der Waals surface area contributed by atoms with Crippen molar-refractivity contribution in [2.45, 2.75) is 96.7 Å². The Kier molecular flexibility index (Phi) is 31.0. The number of sulfonamides is 4. The van der Waals surface area contributed by atoms with Gasteiger partial charge in [-0.3, -0.25) is 38.1 Å². The van der Waals surface area contributed by atoms with Gasteiger partial charge in [0.1, 0.15) is 42.3 Å². The summed E-state index contributed by atoms with van der Waals surface area (Å²) < 4.78 is 124. The molecular formula is C91H105Cl3N18O14S6. The molecule has 0 radical (unpaired) electrons. The molecule has 4 amide bonds. The Balaban J connectivity index is 0.000000223. The quantitative estimate of drug-likeness (QED) is 0.0336. The normalized spacial score (nSPS) is 15.6. The SMILES string of the molecule is CC(C)(C)c1ccccc1OC1CCN(c2ccc(S(=O)(=O)Nc3nccs3)cc2)C1=O.CC(Oc1cccc(Cl)c1)C(=O)N1CCN(c2ccc(S(=O)(=O)Nc3ccncn3)cc2)CC1.O=C(Cc1cccc(Cl)c1)N1CCN(c2ccc(S(=O)(=O)Nc3ccncn3)cc2)CC1.O=C(Cn1ccc2cccc(Cl)c21)N[C@H]1CCN(c2ccc(S(=O)(=O)Nc3nccs3)cc2)C1.[HH].[HH].[HH].[HH].[HH].[HH]. The third-order valence-corrected chi connectivity index (χ3v) is 29.5. The number of carbonyl (C=O) groups excluding carboxylic acids is 4. The first kappa shape index (κ1) is 95.6. The Labute approximate surface area is 797 Å². The van der Waals surface area contributed by atoms with Crippen LogP contribution < -0.4 is 53.3 Å². The number of nitrogens with zero attached hydrogens (tertiary/aromatic N) is 13. The van der Waals surface area contributed by atoms with Gasteiger partial charge in [0, 0.05) is 173 Å². The van der Waals surface area contributed by atoms with Gasteiger partial charge in [0.2, 0.25) is 11.8 Å². The maximum Gasteiger partial charge on any atom is 0.268 e. The molecule has 0 spiro atoms. The van der Waals surface area contributed by atoms with Crippen molar-refractivity contribution >= 4 is 177 Å². The number of ether oxygens (including phenoxy) is 2. The summed E-state index contributed by atoms with van der Waals surface area (Å²) in [5.41, 5.74) is 6.04. The maximum atomic E-state index is 13.0. The zero-order chi connectivity index (χ0) is 93.3. The number of anilines is 8. The van der Waals surface area contributed by atoms with Crippen molar-refractivity contribution in [2.24, 2.45) is 0 Å². The summed E-state index contributed by atoms with van der Waals surface area (Å²) in [6, 6.07) is 59.0. The number of hydrogen-bond acceptors (Lipinski definition) is 25. The Morgan fingerprint density at radius 2 is 1.02 bits per heavy atom. The van der Waals surface area contributed by atoms with Gasteiger partial charge in [-0.05, 0) is 188 Å². The van der Waals surface area contributed by atoms with E-state index in [1.165, 1.54) is 78.2 Å². The van der Waals surface area contributed by atoms with E-state index in [1.54, 1.807) is 149 Å². The third kappa shape index (κ3) is 25.2. The second-order valence-corrected chi connectivity index (χ2v) is 41.5. The molecule has 2 unspecified atom stereocenters. The number of hydrogen-bond donors (Lipinski definition) is 5. The zero-order valence-corrected chi connectivity index (χ0v) is 78.9. The molecule has 0 saturated carbocycles. The van der Waals surface area contributed by atoms with Crippen molar-refractivity contribution in [2.75, 3.05) is 110 Å². The second kappa shape index (κ2) is 42.8. The molecule has 5 N–H and O–H groups in total. The molecule has 4 fully saturated rings. The zero-order valence-electron chi connectivity index (χ0n) is 71.8. The molecule has 5 aromatic heterocycles. The largest absolute Gasteiger partial charge is 0.481 e. The fourth-order valence-corrected chi connectivity index (χ4v) is 21.2. The predicted molar refractivity (Wildman–Crippen MR) is 526 cm³/mol. The van der Waals surface area contributed by atoms with E-state index in [-0.39, 0.29) is 81.4 Å². The number of halogens is 3. The highest BCUT2D eigenvalue weighted by molar-refractivity contribution is 7.93. The number of nitrogens with one attached hydrogen (secondary N) is 5. The van der Waals surface area contributed by atoms with E-state index in [4.69, 9.17) is 44.3 Å². The Morgan fingerprint density at radius 1 is 0.515 bits per heavy atom. The van der Waals surface area contributed by atoms with Crippen LogP contribution >= 0.6 is 57.5 Å². The minimum absolute atomic E-state index is 0. The molecule has 0 aliphatic carbocycles. The van der Waals surface area contributed by atoms with Gasteiger partial charge in [0.15, 0.2) is 22.5 Å². The Bertz CT molecular complexity index is 6670. The molecule has 4 saturated heterocycles. The van der Waals surface area contributed by atoms with E-state index in [2.05, 4.69) is 89.6 Å². The van der Waals surface area contributed by atoms with Crippen LogP contribution in [0.15, 0.2) is 280 Å². The molecule has 32 nitrogen and oxygen atoms in total.